The Kier molecular flexibility index (Phi) is 2.22. The van der Waals surface area contributed by atoms with Crippen LogP contribution in [-0.2, 0) is 4.74 Å². The minimum atomic E-state index is 0.457. The third-order valence-electron chi connectivity index (χ3n) is 2.29. The molecule has 0 aromatic rings. The molecule has 2 heterocycles. The number of aliphatic imine (C=N–C) groups is 1. The molecule has 0 saturated heterocycles. The summed E-state index contributed by atoms with van der Waals surface area (Å²) in [5, 5.41) is 3.30. The molecule has 0 aliphatic carbocycles. The Morgan fingerprint density at radius 3 is 3.38 bits per heavy atom. The highest BCUT2D eigenvalue weighted by molar-refractivity contribution is 5.98. The van der Waals surface area contributed by atoms with Gasteiger partial charge >= 0.3 is 0 Å². The first-order valence-corrected chi connectivity index (χ1v) is 4.57. The van der Waals surface area contributed by atoms with Crippen molar-refractivity contribution < 1.29 is 4.74 Å². The molecule has 2 aliphatic rings. The maximum absolute atomic E-state index is 5.29. The zero-order valence-electron chi connectivity index (χ0n) is 8.08. The standard InChI is InChI=1S/C9H15N3O/c1-7-3-8-9(10-4-7)11-5-13-6-12(8)2/h3,7H,4-6H2,1-2H3,(H,10,11). The second kappa shape index (κ2) is 3.38. The molecule has 0 aromatic carbocycles. The van der Waals surface area contributed by atoms with E-state index in [9.17, 15) is 0 Å². The Bertz CT molecular complexity index is 260. The molecule has 0 aromatic heterocycles. The van der Waals surface area contributed by atoms with Crippen molar-refractivity contribution >= 4 is 5.84 Å². The number of likely N-dealkylation sites (N-methyl/N-ethyl adjacent to an activating group) is 1. The number of amidine groups is 1. The normalized spacial score (nSPS) is 28.2. The third-order valence-corrected chi connectivity index (χ3v) is 2.29. The molecular formula is C9H15N3O. The molecule has 1 N–H and O–H groups in total. The summed E-state index contributed by atoms with van der Waals surface area (Å²) in [5.41, 5.74) is 1.16. The number of fused-ring (bicyclic) bond motifs is 1. The topological polar surface area (TPSA) is 36.9 Å². The van der Waals surface area contributed by atoms with Gasteiger partial charge in [-0.1, -0.05) is 13.0 Å². The average molecular weight is 181 g/mol. The fraction of sp³-hybridized carbons (Fsp3) is 0.667. The van der Waals surface area contributed by atoms with Crippen molar-refractivity contribution in [3.63, 3.8) is 0 Å². The van der Waals surface area contributed by atoms with Gasteiger partial charge in [0, 0.05) is 13.6 Å². The van der Waals surface area contributed by atoms with Crippen LogP contribution in [0.1, 0.15) is 6.92 Å². The van der Waals surface area contributed by atoms with Gasteiger partial charge in [-0.2, -0.15) is 0 Å². The number of ether oxygens (including phenoxy) is 1. The van der Waals surface area contributed by atoms with Crippen LogP contribution in [0, 0.1) is 5.92 Å². The van der Waals surface area contributed by atoms with Crippen molar-refractivity contribution in [2.24, 2.45) is 10.9 Å². The molecule has 0 saturated carbocycles. The summed E-state index contributed by atoms with van der Waals surface area (Å²) < 4.78 is 5.29. The summed E-state index contributed by atoms with van der Waals surface area (Å²) in [5.74, 6) is 1.53. The van der Waals surface area contributed by atoms with Crippen molar-refractivity contribution in [3.05, 3.63) is 11.8 Å². The van der Waals surface area contributed by atoms with E-state index in [1.54, 1.807) is 0 Å². The Hall–Kier alpha value is -1.03. The first-order valence-electron chi connectivity index (χ1n) is 4.57. The number of rotatable bonds is 0. The van der Waals surface area contributed by atoms with E-state index in [1.165, 1.54) is 0 Å². The first kappa shape index (κ1) is 8.56. The lowest BCUT2D eigenvalue weighted by Gasteiger charge is -2.26. The van der Waals surface area contributed by atoms with Crippen molar-refractivity contribution in [2.45, 2.75) is 6.92 Å². The van der Waals surface area contributed by atoms with E-state index >= 15 is 0 Å². The Morgan fingerprint density at radius 2 is 2.54 bits per heavy atom. The average Bonchev–Trinajstić information content (AvgIpc) is 2.29. The van der Waals surface area contributed by atoms with E-state index in [0.29, 0.717) is 19.4 Å². The predicted octanol–water partition coefficient (Wildman–Crippen LogP) is 0.385. The summed E-state index contributed by atoms with van der Waals surface area (Å²) in [7, 11) is 2.02. The van der Waals surface area contributed by atoms with Crippen molar-refractivity contribution in [1.29, 1.82) is 0 Å². The van der Waals surface area contributed by atoms with Crippen LogP contribution in [0.15, 0.2) is 16.8 Å². The summed E-state index contributed by atoms with van der Waals surface area (Å²) >= 11 is 0. The molecule has 0 fully saturated rings. The molecule has 2 rings (SSSR count). The van der Waals surface area contributed by atoms with E-state index in [4.69, 9.17) is 4.74 Å². The quantitative estimate of drug-likeness (QED) is 0.587. The lowest BCUT2D eigenvalue weighted by Crippen LogP contribution is -2.39. The van der Waals surface area contributed by atoms with E-state index in [1.807, 2.05) is 7.05 Å². The van der Waals surface area contributed by atoms with Crippen LogP contribution < -0.4 is 5.32 Å². The second-order valence-corrected chi connectivity index (χ2v) is 3.58. The van der Waals surface area contributed by atoms with Gasteiger partial charge < -0.3 is 15.0 Å². The fourth-order valence-electron chi connectivity index (χ4n) is 1.56. The van der Waals surface area contributed by atoms with Crippen LogP contribution in [0.5, 0.6) is 0 Å². The van der Waals surface area contributed by atoms with Crippen LogP contribution in [0.2, 0.25) is 0 Å². The molecule has 0 amide bonds. The molecule has 72 valence electrons. The maximum atomic E-state index is 5.29. The Labute approximate surface area is 78.3 Å². The van der Waals surface area contributed by atoms with Crippen LogP contribution in [0.25, 0.3) is 0 Å². The highest BCUT2D eigenvalue weighted by Gasteiger charge is 2.20. The molecule has 0 spiro atoms. The summed E-state index contributed by atoms with van der Waals surface area (Å²) in [6, 6.07) is 0. The van der Waals surface area contributed by atoms with Gasteiger partial charge in [0.1, 0.15) is 19.3 Å². The Balaban J connectivity index is 2.29. The van der Waals surface area contributed by atoms with Crippen molar-refractivity contribution in [2.75, 3.05) is 27.1 Å². The third kappa shape index (κ3) is 1.67. The van der Waals surface area contributed by atoms with Gasteiger partial charge in [0.15, 0.2) is 0 Å². The maximum Gasteiger partial charge on any atom is 0.147 e. The van der Waals surface area contributed by atoms with Crippen molar-refractivity contribution in [3.8, 4) is 0 Å². The van der Waals surface area contributed by atoms with Gasteiger partial charge in [0.05, 0.1) is 5.70 Å². The van der Waals surface area contributed by atoms with Crippen LogP contribution in [0.4, 0.5) is 0 Å². The minimum absolute atomic E-state index is 0.457. The molecule has 0 radical (unpaired) electrons. The lowest BCUT2D eigenvalue weighted by molar-refractivity contribution is 0.0737. The smallest absolute Gasteiger partial charge is 0.147 e. The van der Waals surface area contributed by atoms with Crippen LogP contribution in [0.3, 0.4) is 0 Å². The van der Waals surface area contributed by atoms with Gasteiger partial charge in [-0.25, -0.2) is 4.99 Å². The van der Waals surface area contributed by atoms with E-state index in [0.717, 1.165) is 18.1 Å². The minimum Gasteiger partial charge on any atom is -0.368 e. The van der Waals surface area contributed by atoms with Gasteiger partial charge in [0.25, 0.3) is 0 Å². The largest absolute Gasteiger partial charge is 0.368 e. The zero-order valence-corrected chi connectivity index (χ0v) is 8.08. The van der Waals surface area contributed by atoms with Gasteiger partial charge in [0.2, 0.25) is 0 Å². The Morgan fingerprint density at radius 1 is 1.69 bits per heavy atom. The monoisotopic (exact) mass is 181 g/mol. The molecule has 4 heteroatoms. The lowest BCUT2D eigenvalue weighted by atomic mass is 10.1. The molecule has 1 unspecified atom stereocenters. The van der Waals surface area contributed by atoms with Crippen LogP contribution in [-0.4, -0.2) is 37.8 Å². The van der Waals surface area contributed by atoms with Gasteiger partial charge in [-0.3, -0.25) is 0 Å². The first-order chi connectivity index (χ1) is 6.27. The van der Waals surface area contributed by atoms with E-state index in [-0.39, 0.29) is 0 Å². The number of nitrogens with zero attached hydrogens (tertiary/aromatic N) is 2. The number of hydrogen-bond acceptors (Lipinski definition) is 4. The van der Waals surface area contributed by atoms with Gasteiger partial charge in [-0.15, -0.1) is 0 Å². The molecule has 0 bridgehead atoms. The highest BCUT2D eigenvalue weighted by Crippen LogP contribution is 2.14. The molecule has 2 aliphatic heterocycles. The SMILES string of the molecule is CC1C=C2C(=NCOCN2C)NC1. The van der Waals surface area contributed by atoms with E-state index < -0.39 is 0 Å². The summed E-state index contributed by atoms with van der Waals surface area (Å²) in [4.78, 5) is 6.38. The zero-order chi connectivity index (χ0) is 9.26. The number of nitrogens with one attached hydrogen (secondary N) is 1. The molecular weight excluding hydrogens is 166 g/mol. The van der Waals surface area contributed by atoms with Gasteiger partial charge in [-0.05, 0) is 5.92 Å². The van der Waals surface area contributed by atoms with Crippen molar-refractivity contribution in [1.82, 2.24) is 10.2 Å². The van der Waals surface area contributed by atoms with Crippen LogP contribution >= 0.6 is 0 Å². The fourth-order valence-corrected chi connectivity index (χ4v) is 1.56. The summed E-state index contributed by atoms with van der Waals surface area (Å²) in [6.07, 6.45) is 2.24. The highest BCUT2D eigenvalue weighted by atomic mass is 16.5. The molecule has 4 nitrogen and oxygen atoms in total. The molecule has 13 heavy (non-hydrogen) atoms. The second-order valence-electron chi connectivity index (χ2n) is 3.58. The number of hydrogen-bond donors (Lipinski definition) is 1. The van der Waals surface area contributed by atoms with E-state index in [2.05, 4.69) is 28.2 Å². The molecule has 1 atom stereocenters. The summed E-state index contributed by atoms with van der Waals surface area (Å²) in [6.45, 7) is 4.23. The predicted molar refractivity (Wildman–Crippen MR) is 51.3 cm³/mol.